The molecule has 0 radical (unpaired) electrons. The molecule has 0 saturated carbocycles. The van der Waals surface area contributed by atoms with Gasteiger partial charge in [-0.3, -0.25) is 0 Å². The van der Waals surface area contributed by atoms with Gasteiger partial charge in [-0.25, -0.2) is 4.98 Å². The summed E-state index contributed by atoms with van der Waals surface area (Å²) in [6.45, 7) is 0.279. The van der Waals surface area contributed by atoms with Crippen LogP contribution in [0.1, 0.15) is 11.3 Å². The highest BCUT2D eigenvalue weighted by atomic mass is 19.4. The smallest absolute Gasteiger partial charge is 0.433 e. The molecule has 0 aliphatic heterocycles. The van der Waals surface area contributed by atoms with Crippen LogP contribution in [0.15, 0.2) is 30.3 Å². The molecule has 0 spiro atoms. The third-order valence-electron chi connectivity index (χ3n) is 2.89. The van der Waals surface area contributed by atoms with Gasteiger partial charge in [0.15, 0.2) is 5.69 Å². The van der Waals surface area contributed by atoms with E-state index in [4.69, 9.17) is 4.74 Å². The first-order valence-corrected chi connectivity index (χ1v) is 6.44. The van der Waals surface area contributed by atoms with Gasteiger partial charge in [0, 0.05) is 25.2 Å². The molecule has 1 aromatic heterocycles. The Kier molecular flexibility index (Phi) is 4.69. The molecule has 0 saturated heterocycles. The molecule has 0 fully saturated rings. The summed E-state index contributed by atoms with van der Waals surface area (Å²) in [5, 5.41) is 5.37. The van der Waals surface area contributed by atoms with Crippen molar-refractivity contribution in [3.63, 3.8) is 0 Å². The van der Waals surface area contributed by atoms with E-state index in [1.165, 1.54) is 14.2 Å². The summed E-state index contributed by atoms with van der Waals surface area (Å²) in [5.41, 5.74) is -0.197. The van der Waals surface area contributed by atoms with Gasteiger partial charge in [0.05, 0.1) is 7.11 Å². The van der Waals surface area contributed by atoms with Crippen molar-refractivity contribution in [2.75, 3.05) is 24.8 Å². The third-order valence-corrected chi connectivity index (χ3v) is 2.89. The van der Waals surface area contributed by atoms with E-state index in [9.17, 15) is 13.2 Å². The maximum Gasteiger partial charge on any atom is 0.433 e. The van der Waals surface area contributed by atoms with Crippen molar-refractivity contribution in [1.82, 2.24) is 9.97 Å². The predicted octanol–water partition coefficient (Wildman–Crippen LogP) is 3.16. The SMILES string of the molecule is CNc1nc(NCc2ccccc2OC)cc(C(F)(F)F)n1. The number of methoxy groups -OCH3 is 1. The number of halogens is 3. The quantitative estimate of drug-likeness (QED) is 0.888. The lowest BCUT2D eigenvalue weighted by molar-refractivity contribution is -0.141. The predicted molar refractivity (Wildman–Crippen MR) is 76.9 cm³/mol. The first kappa shape index (κ1) is 15.9. The monoisotopic (exact) mass is 312 g/mol. The fourth-order valence-corrected chi connectivity index (χ4v) is 1.83. The van der Waals surface area contributed by atoms with Crippen molar-refractivity contribution in [3.05, 3.63) is 41.6 Å². The molecule has 2 N–H and O–H groups in total. The van der Waals surface area contributed by atoms with Crippen molar-refractivity contribution >= 4 is 11.8 Å². The second-order valence-corrected chi connectivity index (χ2v) is 4.38. The Morgan fingerprint density at radius 3 is 2.55 bits per heavy atom. The van der Waals surface area contributed by atoms with Crippen LogP contribution >= 0.6 is 0 Å². The molecule has 2 rings (SSSR count). The van der Waals surface area contributed by atoms with Crippen LogP contribution < -0.4 is 15.4 Å². The Balaban J connectivity index is 2.22. The molecule has 0 aliphatic carbocycles. The number of alkyl halides is 3. The minimum absolute atomic E-state index is 0.0811. The van der Waals surface area contributed by atoms with Gasteiger partial charge >= 0.3 is 6.18 Å². The molecule has 118 valence electrons. The molecule has 1 aromatic carbocycles. The fourth-order valence-electron chi connectivity index (χ4n) is 1.83. The number of hydrogen-bond acceptors (Lipinski definition) is 5. The van der Waals surface area contributed by atoms with Crippen LogP contribution in [0, 0.1) is 0 Å². The first-order chi connectivity index (χ1) is 10.4. The first-order valence-electron chi connectivity index (χ1n) is 6.44. The Labute approximate surface area is 125 Å². The minimum atomic E-state index is -4.53. The van der Waals surface area contributed by atoms with Crippen molar-refractivity contribution < 1.29 is 17.9 Å². The van der Waals surface area contributed by atoms with Crippen LogP contribution in [0.2, 0.25) is 0 Å². The van der Waals surface area contributed by atoms with E-state index in [0.29, 0.717) is 5.75 Å². The highest BCUT2D eigenvalue weighted by Gasteiger charge is 2.33. The van der Waals surface area contributed by atoms with Gasteiger partial charge in [0.2, 0.25) is 5.95 Å². The lowest BCUT2D eigenvalue weighted by Gasteiger charge is -2.13. The van der Waals surface area contributed by atoms with E-state index in [-0.39, 0.29) is 18.3 Å². The van der Waals surface area contributed by atoms with Gasteiger partial charge in [0.1, 0.15) is 11.6 Å². The molecular formula is C14H15F3N4O. The molecule has 5 nitrogen and oxygen atoms in total. The molecular weight excluding hydrogens is 297 g/mol. The zero-order valence-electron chi connectivity index (χ0n) is 12.0. The summed E-state index contributed by atoms with van der Waals surface area (Å²) in [6.07, 6.45) is -4.53. The van der Waals surface area contributed by atoms with E-state index in [2.05, 4.69) is 20.6 Å². The average Bonchev–Trinajstić information content (AvgIpc) is 2.52. The molecule has 8 heteroatoms. The highest BCUT2D eigenvalue weighted by Crippen LogP contribution is 2.30. The normalized spacial score (nSPS) is 11.1. The van der Waals surface area contributed by atoms with Crippen molar-refractivity contribution in [1.29, 1.82) is 0 Å². The number of para-hydroxylation sites is 1. The van der Waals surface area contributed by atoms with Crippen molar-refractivity contribution in [2.45, 2.75) is 12.7 Å². The molecule has 0 atom stereocenters. The van der Waals surface area contributed by atoms with Crippen molar-refractivity contribution in [2.24, 2.45) is 0 Å². The molecule has 1 heterocycles. The average molecular weight is 312 g/mol. The summed E-state index contributed by atoms with van der Waals surface area (Å²) in [5.74, 6) is 0.629. The zero-order chi connectivity index (χ0) is 16.2. The van der Waals surface area contributed by atoms with E-state index >= 15 is 0 Å². The van der Waals surface area contributed by atoms with Gasteiger partial charge in [-0.1, -0.05) is 18.2 Å². The van der Waals surface area contributed by atoms with Gasteiger partial charge in [0.25, 0.3) is 0 Å². The Hall–Kier alpha value is -2.51. The second-order valence-electron chi connectivity index (χ2n) is 4.38. The summed E-state index contributed by atoms with van der Waals surface area (Å²) in [7, 11) is 2.99. The van der Waals surface area contributed by atoms with Crippen molar-refractivity contribution in [3.8, 4) is 5.75 Å². The Bertz CT molecular complexity index is 646. The van der Waals surface area contributed by atoms with Crippen LogP contribution in [0.3, 0.4) is 0 Å². The molecule has 2 aromatic rings. The van der Waals surface area contributed by atoms with Gasteiger partial charge in [-0.05, 0) is 6.07 Å². The number of hydrogen-bond donors (Lipinski definition) is 2. The fraction of sp³-hybridized carbons (Fsp3) is 0.286. The van der Waals surface area contributed by atoms with E-state index in [0.717, 1.165) is 11.6 Å². The number of nitrogens with one attached hydrogen (secondary N) is 2. The molecule has 0 bridgehead atoms. The van der Waals surface area contributed by atoms with E-state index < -0.39 is 11.9 Å². The maximum atomic E-state index is 12.8. The van der Waals surface area contributed by atoms with Crippen LogP contribution in [0.25, 0.3) is 0 Å². The van der Waals surface area contributed by atoms with Gasteiger partial charge in [-0.2, -0.15) is 18.2 Å². The largest absolute Gasteiger partial charge is 0.496 e. The van der Waals surface area contributed by atoms with Gasteiger partial charge < -0.3 is 15.4 Å². The van der Waals surface area contributed by atoms with E-state index in [1.807, 2.05) is 18.2 Å². The van der Waals surface area contributed by atoms with Crippen LogP contribution in [-0.2, 0) is 12.7 Å². The Morgan fingerprint density at radius 2 is 1.91 bits per heavy atom. The number of anilines is 2. The summed E-state index contributed by atoms with van der Waals surface area (Å²) in [6, 6.07) is 8.09. The van der Waals surface area contributed by atoms with Crippen LogP contribution in [0.4, 0.5) is 24.9 Å². The number of rotatable bonds is 5. The molecule has 0 amide bonds. The number of aromatic nitrogens is 2. The lowest BCUT2D eigenvalue weighted by atomic mass is 10.2. The summed E-state index contributed by atoms with van der Waals surface area (Å²) < 4.78 is 43.6. The number of nitrogens with zero attached hydrogens (tertiary/aromatic N) is 2. The maximum absolute atomic E-state index is 12.8. The highest BCUT2D eigenvalue weighted by molar-refractivity contribution is 5.44. The molecule has 0 aliphatic rings. The number of ether oxygens (including phenoxy) is 1. The van der Waals surface area contributed by atoms with Gasteiger partial charge in [-0.15, -0.1) is 0 Å². The summed E-state index contributed by atoms with van der Waals surface area (Å²) in [4.78, 5) is 7.36. The number of benzene rings is 1. The molecule has 22 heavy (non-hydrogen) atoms. The topological polar surface area (TPSA) is 59.1 Å². The van der Waals surface area contributed by atoms with Crippen LogP contribution in [0.5, 0.6) is 5.75 Å². The summed E-state index contributed by atoms with van der Waals surface area (Å²) >= 11 is 0. The zero-order valence-corrected chi connectivity index (χ0v) is 12.0. The van der Waals surface area contributed by atoms with E-state index in [1.54, 1.807) is 6.07 Å². The Morgan fingerprint density at radius 1 is 1.18 bits per heavy atom. The second kappa shape index (κ2) is 6.50. The third kappa shape index (κ3) is 3.78. The molecule has 0 unspecified atom stereocenters. The van der Waals surface area contributed by atoms with Crippen LogP contribution in [-0.4, -0.2) is 24.1 Å². The lowest BCUT2D eigenvalue weighted by Crippen LogP contribution is -2.13. The minimum Gasteiger partial charge on any atom is -0.496 e. The standard InChI is InChI=1S/C14H15F3N4O/c1-18-13-20-11(14(15,16)17)7-12(21-13)19-8-9-5-3-4-6-10(9)22-2/h3-7H,8H2,1-2H3,(H2,18,19,20,21).